The van der Waals surface area contributed by atoms with Crippen LogP contribution in [0, 0.1) is 5.41 Å². The van der Waals surface area contributed by atoms with E-state index in [0.717, 1.165) is 51.5 Å². The highest BCUT2D eigenvalue weighted by Gasteiger charge is 2.36. The first-order valence-electron chi connectivity index (χ1n) is 10.8. The Hall–Kier alpha value is -0.810. The summed E-state index contributed by atoms with van der Waals surface area (Å²) in [6, 6.07) is 0. The summed E-state index contributed by atoms with van der Waals surface area (Å²) < 4.78 is 11.3. The van der Waals surface area contributed by atoms with Gasteiger partial charge >= 0.3 is 0 Å². The molecule has 0 aromatic carbocycles. The fourth-order valence-corrected chi connectivity index (χ4v) is 4.09. The quantitative estimate of drug-likeness (QED) is 0.252. The van der Waals surface area contributed by atoms with Crippen molar-refractivity contribution in [3.8, 4) is 0 Å². The van der Waals surface area contributed by atoms with Crippen LogP contribution in [0.4, 0.5) is 0 Å². The molecule has 2 aliphatic rings. The lowest BCUT2D eigenvalue weighted by Crippen LogP contribution is -2.47. The lowest BCUT2D eigenvalue weighted by atomic mass is 9.67. The Morgan fingerprint density at radius 2 is 1.77 bits per heavy atom. The number of guanidine groups is 1. The van der Waals surface area contributed by atoms with Crippen LogP contribution < -0.4 is 10.6 Å². The number of aliphatic imine (C=N–C) groups is 1. The molecule has 0 spiro atoms. The number of nitrogens with zero attached hydrogens (tertiary/aromatic N) is 1. The van der Waals surface area contributed by atoms with Crippen molar-refractivity contribution in [2.24, 2.45) is 10.4 Å². The minimum absolute atomic E-state index is 0.417. The molecule has 0 bridgehead atoms. The molecular formula is C21H41N3O2. The lowest BCUT2D eigenvalue weighted by Gasteiger charge is -2.42. The van der Waals surface area contributed by atoms with Crippen LogP contribution in [0.1, 0.15) is 77.0 Å². The summed E-state index contributed by atoms with van der Waals surface area (Å²) in [6.07, 6.45) is 15.9. The van der Waals surface area contributed by atoms with E-state index in [0.29, 0.717) is 11.5 Å². The van der Waals surface area contributed by atoms with Crippen molar-refractivity contribution in [2.45, 2.75) is 83.2 Å². The Labute approximate surface area is 160 Å². The summed E-state index contributed by atoms with van der Waals surface area (Å²) in [5.41, 5.74) is 0.417. The highest BCUT2D eigenvalue weighted by atomic mass is 16.5. The van der Waals surface area contributed by atoms with E-state index in [1.54, 1.807) is 7.11 Å². The minimum atomic E-state index is 0.417. The summed E-state index contributed by atoms with van der Waals surface area (Å²) in [6.45, 7) is 3.72. The number of nitrogens with one attached hydrogen (secondary N) is 2. The third kappa shape index (κ3) is 7.83. The van der Waals surface area contributed by atoms with Gasteiger partial charge in [0.15, 0.2) is 5.96 Å². The highest BCUT2D eigenvalue weighted by Crippen LogP contribution is 2.43. The van der Waals surface area contributed by atoms with Crippen LogP contribution in [0.5, 0.6) is 0 Å². The molecular weight excluding hydrogens is 326 g/mol. The normalized spacial score (nSPS) is 21.1. The molecule has 0 aliphatic heterocycles. The predicted molar refractivity (Wildman–Crippen MR) is 109 cm³/mol. The van der Waals surface area contributed by atoms with Crippen molar-refractivity contribution in [1.29, 1.82) is 0 Å². The summed E-state index contributed by atoms with van der Waals surface area (Å²) in [5, 5.41) is 6.97. The zero-order valence-corrected chi connectivity index (χ0v) is 17.2. The van der Waals surface area contributed by atoms with Gasteiger partial charge in [0.05, 0.1) is 6.10 Å². The van der Waals surface area contributed by atoms with Crippen LogP contribution in [0.25, 0.3) is 0 Å². The Balaban J connectivity index is 1.51. The summed E-state index contributed by atoms with van der Waals surface area (Å²) in [7, 11) is 3.65. The van der Waals surface area contributed by atoms with Gasteiger partial charge in [-0.15, -0.1) is 0 Å². The van der Waals surface area contributed by atoms with Crippen molar-refractivity contribution >= 4 is 5.96 Å². The van der Waals surface area contributed by atoms with Crippen LogP contribution >= 0.6 is 0 Å². The fourth-order valence-electron chi connectivity index (χ4n) is 4.09. The molecule has 2 fully saturated rings. The van der Waals surface area contributed by atoms with Crippen LogP contribution in [0.3, 0.4) is 0 Å². The number of unbranched alkanes of at least 4 members (excludes halogenated alkanes) is 1. The van der Waals surface area contributed by atoms with Gasteiger partial charge in [-0.05, 0) is 50.4 Å². The zero-order valence-electron chi connectivity index (χ0n) is 17.2. The Bertz CT molecular complexity index is 389. The van der Waals surface area contributed by atoms with Crippen molar-refractivity contribution in [3.63, 3.8) is 0 Å². The molecule has 5 nitrogen and oxygen atoms in total. The molecule has 5 heteroatoms. The van der Waals surface area contributed by atoms with Crippen LogP contribution in [-0.4, -0.2) is 52.5 Å². The van der Waals surface area contributed by atoms with Gasteiger partial charge in [0.1, 0.15) is 0 Å². The van der Waals surface area contributed by atoms with Gasteiger partial charge in [0.25, 0.3) is 0 Å². The average molecular weight is 368 g/mol. The maximum atomic E-state index is 6.06. The third-order valence-electron chi connectivity index (χ3n) is 6.12. The maximum Gasteiger partial charge on any atom is 0.190 e. The number of hydrogen-bond acceptors (Lipinski definition) is 3. The van der Waals surface area contributed by atoms with E-state index in [1.807, 2.05) is 7.05 Å². The Morgan fingerprint density at radius 1 is 1.00 bits per heavy atom. The molecule has 0 amide bonds. The second kappa shape index (κ2) is 12.6. The SMILES string of the molecule is CN=C(NCCCCOC1CCCCCC1)NCC1(CCOC)CCC1. The van der Waals surface area contributed by atoms with Crippen molar-refractivity contribution in [1.82, 2.24) is 10.6 Å². The van der Waals surface area contributed by atoms with Gasteiger partial charge in [-0.2, -0.15) is 0 Å². The molecule has 2 aliphatic carbocycles. The molecule has 2 rings (SSSR count). The van der Waals surface area contributed by atoms with E-state index in [1.165, 1.54) is 57.8 Å². The molecule has 2 N–H and O–H groups in total. The molecule has 2 saturated carbocycles. The van der Waals surface area contributed by atoms with Crippen LogP contribution in [0.2, 0.25) is 0 Å². The standard InChI is InChI=1S/C21H41N3O2/c1-22-20(24-18-21(12-9-13-21)14-17-25-2)23-15-7-8-16-26-19-10-5-3-4-6-11-19/h19H,3-18H2,1-2H3,(H2,22,23,24). The number of rotatable bonds is 11. The first kappa shape index (κ1) is 21.5. The van der Waals surface area contributed by atoms with E-state index in [4.69, 9.17) is 9.47 Å². The molecule has 0 aromatic heterocycles. The average Bonchev–Trinajstić information content (AvgIpc) is 2.90. The first-order valence-corrected chi connectivity index (χ1v) is 10.8. The predicted octanol–water partition coefficient (Wildman–Crippen LogP) is 3.88. The van der Waals surface area contributed by atoms with Crippen molar-refractivity contribution < 1.29 is 9.47 Å². The second-order valence-corrected chi connectivity index (χ2v) is 8.14. The van der Waals surface area contributed by atoms with Gasteiger partial charge in [0, 0.05) is 40.5 Å². The largest absolute Gasteiger partial charge is 0.385 e. The van der Waals surface area contributed by atoms with Gasteiger partial charge in [0.2, 0.25) is 0 Å². The number of hydrogen-bond donors (Lipinski definition) is 2. The van der Waals surface area contributed by atoms with Gasteiger partial charge in [-0.1, -0.05) is 32.1 Å². The van der Waals surface area contributed by atoms with Gasteiger partial charge < -0.3 is 20.1 Å². The molecule has 26 heavy (non-hydrogen) atoms. The fraction of sp³-hybridized carbons (Fsp3) is 0.952. The second-order valence-electron chi connectivity index (χ2n) is 8.14. The molecule has 0 heterocycles. The maximum absolute atomic E-state index is 6.06. The number of methoxy groups -OCH3 is 1. The summed E-state index contributed by atoms with van der Waals surface area (Å²) in [5.74, 6) is 0.929. The van der Waals surface area contributed by atoms with E-state index in [2.05, 4.69) is 15.6 Å². The lowest BCUT2D eigenvalue weighted by molar-refractivity contribution is 0.0411. The molecule has 0 unspecified atom stereocenters. The van der Waals surface area contributed by atoms with E-state index < -0.39 is 0 Å². The zero-order chi connectivity index (χ0) is 18.5. The number of ether oxygens (including phenoxy) is 2. The topological polar surface area (TPSA) is 54.9 Å². The van der Waals surface area contributed by atoms with E-state index >= 15 is 0 Å². The smallest absolute Gasteiger partial charge is 0.190 e. The van der Waals surface area contributed by atoms with Crippen LogP contribution in [0.15, 0.2) is 4.99 Å². The van der Waals surface area contributed by atoms with Crippen LogP contribution in [-0.2, 0) is 9.47 Å². The molecule has 0 saturated heterocycles. The minimum Gasteiger partial charge on any atom is -0.385 e. The van der Waals surface area contributed by atoms with Crippen molar-refractivity contribution in [3.05, 3.63) is 0 Å². The van der Waals surface area contributed by atoms with E-state index in [9.17, 15) is 0 Å². The molecule has 152 valence electrons. The molecule has 0 atom stereocenters. The third-order valence-corrected chi connectivity index (χ3v) is 6.12. The monoisotopic (exact) mass is 367 g/mol. The molecule has 0 aromatic rings. The highest BCUT2D eigenvalue weighted by molar-refractivity contribution is 5.79. The Kier molecular flexibility index (Phi) is 10.4. The van der Waals surface area contributed by atoms with E-state index in [-0.39, 0.29) is 0 Å². The molecule has 0 radical (unpaired) electrons. The summed E-state index contributed by atoms with van der Waals surface area (Å²) in [4.78, 5) is 4.36. The summed E-state index contributed by atoms with van der Waals surface area (Å²) >= 11 is 0. The van der Waals surface area contributed by atoms with Gasteiger partial charge in [-0.3, -0.25) is 4.99 Å². The van der Waals surface area contributed by atoms with Gasteiger partial charge in [-0.25, -0.2) is 0 Å². The Morgan fingerprint density at radius 3 is 2.38 bits per heavy atom. The first-order chi connectivity index (χ1) is 12.8. The van der Waals surface area contributed by atoms with Crippen molar-refractivity contribution in [2.75, 3.05) is 40.5 Å².